The van der Waals surface area contributed by atoms with Gasteiger partial charge in [-0.2, -0.15) is 0 Å². The summed E-state index contributed by atoms with van der Waals surface area (Å²) >= 11 is 0. The Morgan fingerprint density at radius 1 is 0.545 bits per heavy atom. The van der Waals surface area contributed by atoms with E-state index >= 15 is 0 Å². The third-order valence-corrected chi connectivity index (χ3v) is 40.8. The molecule has 2 saturated carbocycles. The van der Waals surface area contributed by atoms with Crippen LogP contribution in [0.25, 0.3) is 0 Å². The molecule has 1 heterocycles. The molecule has 22 heavy (non-hydrogen) atoms. The molecule has 2 unspecified atom stereocenters. The second kappa shape index (κ2) is 7.53. The van der Waals surface area contributed by atoms with Crippen LogP contribution in [0.2, 0.25) is 0 Å². The van der Waals surface area contributed by atoms with Gasteiger partial charge in [-0.15, -0.1) is 0 Å². The molecule has 0 nitrogen and oxygen atoms in total. The molecule has 3 aliphatic rings. The van der Waals surface area contributed by atoms with E-state index in [0.717, 1.165) is 0 Å². The minimum Gasteiger partial charge on any atom is -0.0533 e. The minimum atomic E-state index is -0.597. The number of hydrogen-bond donors (Lipinski definition) is 0. The van der Waals surface area contributed by atoms with Gasteiger partial charge in [0.25, 0.3) is 0 Å². The topological polar surface area (TPSA) is 0 Å². The predicted octanol–water partition coefficient (Wildman–Crippen LogP) is 7.93. The van der Waals surface area contributed by atoms with E-state index in [0.29, 0.717) is 14.6 Å². The fraction of sp³-hybridized carbons (Fsp3) is 1.00. The van der Waals surface area contributed by atoms with Crippen LogP contribution in [0, 0.1) is 0 Å². The lowest BCUT2D eigenvalue weighted by molar-refractivity contribution is 0.510. The summed E-state index contributed by atoms with van der Waals surface area (Å²) in [4.78, 5) is 0. The Morgan fingerprint density at radius 2 is 0.864 bits per heavy atom. The Hall–Kier alpha value is 1.72. The lowest BCUT2D eigenvalue weighted by atomic mass is 10.0. The third-order valence-electron chi connectivity index (χ3n) is 6.32. The predicted molar refractivity (Wildman–Crippen MR) is 115 cm³/mol. The molecule has 0 amide bonds. The van der Waals surface area contributed by atoms with E-state index in [1.54, 1.807) is 76.5 Å². The molecule has 1 aliphatic heterocycles. The van der Waals surface area contributed by atoms with Crippen molar-refractivity contribution in [3.8, 4) is 0 Å². The van der Waals surface area contributed by atoms with Gasteiger partial charge >= 0.3 is 0 Å². The quantitative estimate of drug-likeness (QED) is 0.428. The van der Waals surface area contributed by atoms with E-state index in [2.05, 4.69) is 26.7 Å². The number of rotatable bonds is 2. The molecule has 0 aromatic rings. The molecule has 2 atom stereocenters. The molecule has 0 radical (unpaired) electrons. The molecule has 0 N–H and O–H groups in total. The zero-order valence-electron chi connectivity index (χ0n) is 15.4. The van der Waals surface area contributed by atoms with E-state index in [-0.39, 0.29) is 0 Å². The van der Waals surface area contributed by atoms with Gasteiger partial charge in [-0.25, -0.2) is 0 Å². The van der Waals surface area contributed by atoms with Gasteiger partial charge in [0, 0.05) is 25.2 Å². The Kier molecular flexibility index (Phi) is 6.34. The van der Waals surface area contributed by atoms with Gasteiger partial charge in [0.15, 0.2) is 0 Å². The van der Waals surface area contributed by atoms with E-state index in [1.807, 2.05) is 0 Å². The maximum Gasteiger partial charge on any atom is 0.123 e. The van der Waals surface area contributed by atoms with Crippen molar-refractivity contribution in [3.05, 3.63) is 0 Å². The highest BCUT2D eigenvalue weighted by molar-refractivity contribution is 8.82. The van der Waals surface area contributed by atoms with E-state index in [4.69, 9.17) is 0 Å². The van der Waals surface area contributed by atoms with E-state index < -0.39 is 13.9 Å². The standard InChI is InChI=1S/C18H38P4/c1-21(2)15-16-22(3,4)20(18-13-9-6-10-14-18)19(21)17-11-7-5-8-12-17/h17-18H,5-16H2,1-4H3/q+2. The van der Waals surface area contributed by atoms with Crippen molar-refractivity contribution >= 4 is 28.5 Å². The molecule has 2 aliphatic carbocycles. The van der Waals surface area contributed by atoms with Gasteiger partial charge < -0.3 is 0 Å². The van der Waals surface area contributed by atoms with Crippen LogP contribution in [-0.2, 0) is 0 Å². The first kappa shape index (κ1) is 18.5. The first-order chi connectivity index (χ1) is 10.4. The van der Waals surface area contributed by atoms with Crippen molar-refractivity contribution in [1.29, 1.82) is 0 Å². The second-order valence-corrected chi connectivity index (χ2v) is 32.6. The molecule has 4 heteroatoms. The lowest BCUT2D eigenvalue weighted by Crippen LogP contribution is -2.22. The van der Waals surface area contributed by atoms with Crippen molar-refractivity contribution < 1.29 is 0 Å². The van der Waals surface area contributed by atoms with Crippen molar-refractivity contribution in [1.82, 2.24) is 0 Å². The summed E-state index contributed by atoms with van der Waals surface area (Å²) < 4.78 is 0. The normalized spacial score (nSPS) is 37.1. The first-order valence-electron chi connectivity index (χ1n) is 9.67. The Morgan fingerprint density at radius 3 is 1.18 bits per heavy atom. The SMILES string of the molecule is C[P+]1(C)CC[P+](C)(C)P(C2CCCCC2)P1C1CCCCC1. The van der Waals surface area contributed by atoms with Gasteiger partial charge in [-0.05, 0) is 25.7 Å². The zero-order valence-corrected chi connectivity index (χ0v) is 19.0. The average Bonchev–Trinajstić information content (AvgIpc) is 2.51. The summed E-state index contributed by atoms with van der Waals surface area (Å²) in [7, 11) is 0.836. The van der Waals surface area contributed by atoms with Gasteiger partial charge in [-0.1, -0.05) is 38.5 Å². The summed E-state index contributed by atoms with van der Waals surface area (Å²) in [5.74, 6) is 0. The maximum atomic E-state index is 2.80. The molecule has 3 fully saturated rings. The van der Waals surface area contributed by atoms with Gasteiger partial charge in [0.1, 0.15) is 14.6 Å². The summed E-state index contributed by atoms with van der Waals surface area (Å²) in [6.07, 6.45) is 19.2. The molecule has 128 valence electrons. The summed E-state index contributed by atoms with van der Waals surface area (Å²) in [6.45, 7) is 9.99. The van der Waals surface area contributed by atoms with Crippen LogP contribution in [0.1, 0.15) is 64.2 Å². The fourth-order valence-corrected chi connectivity index (χ4v) is 55.2. The highest BCUT2D eigenvalue weighted by Crippen LogP contribution is 3.11. The molecule has 1 saturated heterocycles. The molecular formula is C18H38P4+2. The highest BCUT2D eigenvalue weighted by Gasteiger charge is 2.62. The Bertz CT molecular complexity index is 331. The Balaban J connectivity index is 1.89. The maximum absolute atomic E-state index is 2.80. The van der Waals surface area contributed by atoms with Crippen molar-refractivity contribution in [2.75, 3.05) is 39.0 Å². The van der Waals surface area contributed by atoms with Crippen LogP contribution in [0.4, 0.5) is 0 Å². The monoisotopic (exact) mass is 378 g/mol. The average molecular weight is 378 g/mol. The van der Waals surface area contributed by atoms with E-state index in [9.17, 15) is 0 Å². The van der Waals surface area contributed by atoms with Crippen molar-refractivity contribution in [2.24, 2.45) is 0 Å². The number of hydrogen-bond acceptors (Lipinski definition) is 0. The van der Waals surface area contributed by atoms with Crippen molar-refractivity contribution in [3.63, 3.8) is 0 Å². The summed E-state index contributed by atoms with van der Waals surface area (Å²) in [5, 5.41) is 0. The molecular weight excluding hydrogens is 340 g/mol. The van der Waals surface area contributed by atoms with Crippen LogP contribution in [-0.4, -0.2) is 50.3 Å². The van der Waals surface area contributed by atoms with Crippen LogP contribution in [0.5, 0.6) is 0 Å². The molecule has 0 aromatic carbocycles. The largest absolute Gasteiger partial charge is 0.123 e. The fourth-order valence-electron chi connectivity index (χ4n) is 5.03. The third kappa shape index (κ3) is 3.93. The summed E-state index contributed by atoms with van der Waals surface area (Å²) in [6, 6.07) is 0. The van der Waals surface area contributed by atoms with Crippen molar-refractivity contribution in [2.45, 2.75) is 75.5 Å². The smallest absolute Gasteiger partial charge is 0.0533 e. The molecule has 0 aromatic heterocycles. The molecule has 0 spiro atoms. The molecule has 3 rings (SSSR count). The van der Waals surface area contributed by atoms with Crippen LogP contribution in [0.15, 0.2) is 0 Å². The zero-order chi connectivity index (χ0) is 15.8. The lowest BCUT2D eigenvalue weighted by Gasteiger charge is -2.49. The molecule has 0 bridgehead atoms. The minimum absolute atomic E-state index is 0.418. The van der Waals surface area contributed by atoms with Gasteiger partial charge in [0.05, 0.1) is 39.0 Å². The van der Waals surface area contributed by atoms with E-state index in [1.165, 1.54) is 11.3 Å². The van der Waals surface area contributed by atoms with Crippen LogP contribution >= 0.6 is 28.5 Å². The summed E-state index contributed by atoms with van der Waals surface area (Å²) in [5.41, 5.74) is 2.42. The van der Waals surface area contributed by atoms with Crippen LogP contribution < -0.4 is 0 Å². The van der Waals surface area contributed by atoms with Gasteiger partial charge in [-0.3, -0.25) is 0 Å². The van der Waals surface area contributed by atoms with Gasteiger partial charge in [0.2, 0.25) is 0 Å². The van der Waals surface area contributed by atoms with Crippen LogP contribution in [0.3, 0.4) is 0 Å². The highest BCUT2D eigenvalue weighted by atomic mass is 32.7. The first-order valence-corrected chi connectivity index (χ1v) is 20.3. The second-order valence-electron chi connectivity index (χ2n) is 8.91. The Labute approximate surface area is 143 Å².